The Labute approximate surface area is 158 Å². The first-order valence-electron chi connectivity index (χ1n) is 9.18. The zero-order valence-corrected chi connectivity index (χ0v) is 15.3. The predicted octanol–water partition coefficient (Wildman–Crippen LogP) is 2.25. The van der Waals surface area contributed by atoms with Crippen molar-refractivity contribution in [1.82, 2.24) is 10.6 Å². The summed E-state index contributed by atoms with van der Waals surface area (Å²) in [6, 6.07) is 12.4. The minimum atomic E-state index is -0.458. The summed E-state index contributed by atoms with van der Waals surface area (Å²) in [5, 5.41) is 15.0. The molecule has 1 aliphatic heterocycles. The fraction of sp³-hybridized carbons (Fsp3) is 0.333. The summed E-state index contributed by atoms with van der Waals surface area (Å²) < 4.78 is 5.65. The van der Waals surface area contributed by atoms with Gasteiger partial charge in [-0.05, 0) is 48.2 Å². The average molecular weight is 368 g/mol. The molecular weight excluding hydrogens is 344 g/mol. The molecule has 0 aliphatic carbocycles. The maximum absolute atomic E-state index is 12.3. The number of nitrogens with one attached hydrogen (secondary N) is 2. The molecule has 2 aromatic carbocycles. The number of aliphatic hydroxyl groups excluding tert-OH is 1. The molecule has 0 bridgehead atoms. The summed E-state index contributed by atoms with van der Waals surface area (Å²) in [7, 11) is 0. The summed E-state index contributed by atoms with van der Waals surface area (Å²) in [5.74, 6) is 0.291. The molecule has 1 saturated heterocycles. The molecule has 0 saturated carbocycles. The highest BCUT2D eigenvalue weighted by Crippen LogP contribution is 2.27. The standard InChI is InChI=1S/C21H24N2O4/c1-2-11-27-19-8-7-16(12-17(19)13-24)14-3-5-15(6-4-14)20(25)23-18-9-10-22-21(18)26/h3-8,12,18,24H,2,9-11,13H2,1H3,(H,22,26)(H,23,25)/t18-/m0/s1. The fourth-order valence-corrected chi connectivity index (χ4v) is 3.02. The van der Waals surface area contributed by atoms with Gasteiger partial charge < -0.3 is 20.5 Å². The molecule has 1 atom stereocenters. The second-order valence-electron chi connectivity index (χ2n) is 6.51. The van der Waals surface area contributed by atoms with E-state index in [0.29, 0.717) is 30.9 Å². The minimum absolute atomic E-state index is 0.100. The molecule has 0 aromatic heterocycles. The van der Waals surface area contributed by atoms with Crippen molar-refractivity contribution >= 4 is 11.8 Å². The Balaban J connectivity index is 1.72. The molecular formula is C21H24N2O4. The highest BCUT2D eigenvalue weighted by atomic mass is 16.5. The van der Waals surface area contributed by atoms with Crippen molar-refractivity contribution in [2.45, 2.75) is 32.4 Å². The molecule has 2 amide bonds. The molecule has 1 aliphatic rings. The monoisotopic (exact) mass is 368 g/mol. The van der Waals surface area contributed by atoms with Crippen LogP contribution in [0.4, 0.5) is 0 Å². The van der Waals surface area contributed by atoms with Crippen LogP contribution in [-0.4, -0.2) is 36.1 Å². The van der Waals surface area contributed by atoms with Crippen LogP contribution >= 0.6 is 0 Å². The average Bonchev–Trinajstić information content (AvgIpc) is 3.10. The number of aliphatic hydroxyl groups is 1. The van der Waals surface area contributed by atoms with Crippen molar-refractivity contribution < 1.29 is 19.4 Å². The Morgan fingerprint density at radius 2 is 1.96 bits per heavy atom. The topological polar surface area (TPSA) is 87.7 Å². The molecule has 6 heteroatoms. The van der Waals surface area contributed by atoms with Crippen molar-refractivity contribution in [3.63, 3.8) is 0 Å². The minimum Gasteiger partial charge on any atom is -0.493 e. The number of rotatable bonds is 7. The summed E-state index contributed by atoms with van der Waals surface area (Å²) in [5.41, 5.74) is 3.10. The van der Waals surface area contributed by atoms with Crippen LogP contribution < -0.4 is 15.4 Å². The first-order chi connectivity index (χ1) is 13.1. The van der Waals surface area contributed by atoms with Crippen LogP contribution in [0.15, 0.2) is 42.5 Å². The van der Waals surface area contributed by atoms with Gasteiger partial charge in [0.25, 0.3) is 5.91 Å². The van der Waals surface area contributed by atoms with Crippen LogP contribution in [-0.2, 0) is 11.4 Å². The number of carbonyl (C=O) groups excluding carboxylic acids is 2. The first-order valence-corrected chi connectivity index (χ1v) is 9.18. The predicted molar refractivity (Wildman–Crippen MR) is 102 cm³/mol. The Bertz CT molecular complexity index is 817. The lowest BCUT2D eigenvalue weighted by Gasteiger charge is -2.12. The number of amides is 2. The Hall–Kier alpha value is -2.86. The van der Waals surface area contributed by atoms with Crippen LogP contribution in [0.3, 0.4) is 0 Å². The van der Waals surface area contributed by atoms with Gasteiger partial charge in [0.05, 0.1) is 13.2 Å². The Morgan fingerprint density at radius 3 is 2.59 bits per heavy atom. The molecule has 3 N–H and O–H groups in total. The van der Waals surface area contributed by atoms with Crippen molar-refractivity contribution in [2.75, 3.05) is 13.2 Å². The smallest absolute Gasteiger partial charge is 0.251 e. The molecule has 1 fully saturated rings. The summed E-state index contributed by atoms with van der Waals surface area (Å²) in [6.45, 7) is 3.13. The van der Waals surface area contributed by atoms with Crippen LogP contribution in [0.25, 0.3) is 11.1 Å². The third-order valence-electron chi connectivity index (χ3n) is 4.53. The number of ether oxygens (including phenoxy) is 1. The maximum atomic E-state index is 12.3. The second kappa shape index (κ2) is 8.68. The van der Waals surface area contributed by atoms with E-state index in [1.165, 1.54) is 0 Å². The van der Waals surface area contributed by atoms with Crippen LogP contribution in [0, 0.1) is 0 Å². The normalized spacial score (nSPS) is 16.1. The van der Waals surface area contributed by atoms with E-state index in [4.69, 9.17) is 4.74 Å². The van der Waals surface area contributed by atoms with E-state index in [2.05, 4.69) is 10.6 Å². The van der Waals surface area contributed by atoms with Crippen molar-refractivity contribution in [3.8, 4) is 16.9 Å². The van der Waals surface area contributed by atoms with E-state index in [1.54, 1.807) is 12.1 Å². The zero-order chi connectivity index (χ0) is 19.2. The lowest BCUT2D eigenvalue weighted by molar-refractivity contribution is -0.120. The van der Waals surface area contributed by atoms with Crippen LogP contribution in [0.5, 0.6) is 5.75 Å². The van der Waals surface area contributed by atoms with Crippen molar-refractivity contribution in [2.24, 2.45) is 0 Å². The van der Waals surface area contributed by atoms with Gasteiger partial charge in [-0.3, -0.25) is 9.59 Å². The molecule has 6 nitrogen and oxygen atoms in total. The Kier molecular flexibility index (Phi) is 6.08. The zero-order valence-electron chi connectivity index (χ0n) is 15.3. The SMILES string of the molecule is CCCOc1ccc(-c2ccc(C(=O)N[C@H]3CCNC3=O)cc2)cc1CO. The van der Waals surface area contributed by atoms with Gasteiger partial charge >= 0.3 is 0 Å². The van der Waals surface area contributed by atoms with Gasteiger partial charge in [0.15, 0.2) is 0 Å². The fourth-order valence-electron chi connectivity index (χ4n) is 3.02. The first kappa shape index (κ1) is 18.9. The van der Waals surface area contributed by atoms with Gasteiger partial charge in [0.1, 0.15) is 11.8 Å². The largest absolute Gasteiger partial charge is 0.493 e. The highest BCUT2D eigenvalue weighted by Gasteiger charge is 2.25. The lowest BCUT2D eigenvalue weighted by atomic mass is 10.0. The third-order valence-corrected chi connectivity index (χ3v) is 4.53. The number of carbonyl (C=O) groups is 2. The van der Waals surface area contributed by atoms with Crippen LogP contribution in [0.2, 0.25) is 0 Å². The third kappa shape index (κ3) is 4.46. The maximum Gasteiger partial charge on any atom is 0.251 e. The Morgan fingerprint density at radius 1 is 1.22 bits per heavy atom. The molecule has 142 valence electrons. The second-order valence-corrected chi connectivity index (χ2v) is 6.51. The van der Waals surface area contributed by atoms with E-state index >= 15 is 0 Å². The molecule has 0 spiro atoms. The van der Waals surface area contributed by atoms with Crippen LogP contribution in [0.1, 0.15) is 35.7 Å². The summed E-state index contributed by atoms with van der Waals surface area (Å²) >= 11 is 0. The van der Waals surface area contributed by atoms with Gasteiger partial charge in [0, 0.05) is 17.7 Å². The quantitative estimate of drug-likeness (QED) is 0.699. The van der Waals surface area contributed by atoms with Gasteiger partial charge in [-0.25, -0.2) is 0 Å². The molecule has 3 rings (SSSR count). The van der Waals surface area contributed by atoms with Gasteiger partial charge in [-0.2, -0.15) is 0 Å². The van der Waals surface area contributed by atoms with Crippen molar-refractivity contribution in [1.29, 1.82) is 0 Å². The molecule has 0 unspecified atom stereocenters. The molecule has 1 heterocycles. The molecule has 2 aromatic rings. The summed E-state index contributed by atoms with van der Waals surface area (Å²) in [4.78, 5) is 23.9. The van der Waals surface area contributed by atoms with Gasteiger partial charge in [0.2, 0.25) is 5.91 Å². The number of hydrogen-bond acceptors (Lipinski definition) is 4. The van der Waals surface area contributed by atoms with Crippen molar-refractivity contribution in [3.05, 3.63) is 53.6 Å². The number of hydrogen-bond donors (Lipinski definition) is 3. The van der Waals surface area contributed by atoms with Gasteiger partial charge in [-0.15, -0.1) is 0 Å². The molecule has 27 heavy (non-hydrogen) atoms. The highest BCUT2D eigenvalue weighted by molar-refractivity contribution is 5.98. The van der Waals surface area contributed by atoms with E-state index < -0.39 is 6.04 Å². The number of benzene rings is 2. The van der Waals surface area contributed by atoms with E-state index in [0.717, 1.165) is 23.1 Å². The van der Waals surface area contributed by atoms with E-state index in [1.807, 2.05) is 37.3 Å². The summed E-state index contributed by atoms with van der Waals surface area (Å²) in [6.07, 6.45) is 1.51. The lowest BCUT2D eigenvalue weighted by Crippen LogP contribution is -2.40. The van der Waals surface area contributed by atoms with E-state index in [9.17, 15) is 14.7 Å². The van der Waals surface area contributed by atoms with Gasteiger partial charge in [-0.1, -0.05) is 25.1 Å². The van der Waals surface area contributed by atoms with E-state index in [-0.39, 0.29) is 18.4 Å². The molecule has 0 radical (unpaired) electrons.